The molecule has 1 saturated heterocycles. The van der Waals surface area contributed by atoms with Gasteiger partial charge in [0.25, 0.3) is 5.91 Å². The first kappa shape index (κ1) is 16.0. The van der Waals surface area contributed by atoms with E-state index in [-0.39, 0.29) is 0 Å². The van der Waals surface area contributed by atoms with Crippen LogP contribution in [-0.4, -0.2) is 23.1 Å². The zero-order valence-corrected chi connectivity index (χ0v) is 13.4. The summed E-state index contributed by atoms with van der Waals surface area (Å²) in [6, 6.07) is 10.9. The van der Waals surface area contributed by atoms with E-state index in [1.54, 1.807) is 24.3 Å². The molecule has 0 aromatic heterocycles. The summed E-state index contributed by atoms with van der Waals surface area (Å²) in [6.07, 6.45) is -4.66. The Bertz CT molecular complexity index is 841. The van der Waals surface area contributed by atoms with Crippen LogP contribution >= 0.6 is 11.8 Å². The van der Waals surface area contributed by atoms with Crippen molar-refractivity contribution in [2.45, 2.75) is 22.4 Å². The van der Waals surface area contributed by atoms with E-state index in [4.69, 9.17) is 0 Å². The second kappa shape index (κ2) is 5.52. The molecule has 2 amide bonds. The van der Waals surface area contributed by atoms with Crippen LogP contribution in [0.15, 0.2) is 53.4 Å². The molecule has 0 saturated carbocycles. The van der Waals surface area contributed by atoms with Crippen LogP contribution in [0.1, 0.15) is 5.56 Å². The standard InChI is InChI=1S/C17H11F3N2O2S/c18-17(19,20)9-5-1-3-7-11(9)22-15(23)13-14(16(22)24)25-12-8-4-2-6-10(12)21-13/h1-8,13-14,21H/t13-,14+/m1/s1. The third kappa shape index (κ3) is 2.48. The molecule has 2 aliphatic rings. The Labute approximate surface area is 145 Å². The van der Waals surface area contributed by atoms with Crippen molar-refractivity contribution in [3.8, 4) is 0 Å². The number of hydrogen-bond donors (Lipinski definition) is 1. The molecule has 4 rings (SSSR count). The van der Waals surface area contributed by atoms with E-state index in [2.05, 4.69) is 5.32 Å². The minimum Gasteiger partial charge on any atom is -0.371 e. The average molecular weight is 364 g/mol. The van der Waals surface area contributed by atoms with E-state index >= 15 is 0 Å². The number of nitrogens with one attached hydrogen (secondary N) is 1. The topological polar surface area (TPSA) is 49.4 Å². The number of fused-ring (bicyclic) bond motifs is 2. The van der Waals surface area contributed by atoms with Gasteiger partial charge in [-0.1, -0.05) is 24.3 Å². The van der Waals surface area contributed by atoms with Crippen LogP contribution in [0.5, 0.6) is 0 Å². The van der Waals surface area contributed by atoms with E-state index in [1.165, 1.54) is 23.9 Å². The number of anilines is 2. The van der Waals surface area contributed by atoms with Gasteiger partial charge in [-0.25, -0.2) is 4.90 Å². The molecular weight excluding hydrogens is 353 g/mol. The fourth-order valence-corrected chi connectivity index (χ4v) is 4.25. The monoisotopic (exact) mass is 364 g/mol. The number of carbonyl (C=O) groups excluding carboxylic acids is 2. The van der Waals surface area contributed by atoms with Crippen LogP contribution in [-0.2, 0) is 15.8 Å². The molecule has 2 aliphatic heterocycles. The number of halogens is 3. The van der Waals surface area contributed by atoms with Gasteiger partial charge in [-0.15, -0.1) is 11.8 Å². The van der Waals surface area contributed by atoms with E-state index < -0.39 is 40.5 Å². The van der Waals surface area contributed by atoms with Gasteiger partial charge in [-0.3, -0.25) is 9.59 Å². The summed E-state index contributed by atoms with van der Waals surface area (Å²) in [6.45, 7) is 0. The third-order valence-electron chi connectivity index (χ3n) is 4.16. The number of imide groups is 1. The van der Waals surface area contributed by atoms with E-state index in [1.807, 2.05) is 0 Å². The number of thioether (sulfide) groups is 1. The molecule has 2 heterocycles. The van der Waals surface area contributed by atoms with Gasteiger partial charge in [0.15, 0.2) is 0 Å². The molecule has 128 valence electrons. The maximum atomic E-state index is 13.3. The van der Waals surface area contributed by atoms with Gasteiger partial charge in [0.2, 0.25) is 5.91 Å². The second-order valence-corrected chi connectivity index (χ2v) is 6.87. The van der Waals surface area contributed by atoms with Crippen molar-refractivity contribution in [1.82, 2.24) is 0 Å². The van der Waals surface area contributed by atoms with Gasteiger partial charge in [-0.05, 0) is 24.3 Å². The summed E-state index contributed by atoms with van der Waals surface area (Å²) in [5.41, 5.74) is -0.732. The van der Waals surface area contributed by atoms with Crippen molar-refractivity contribution in [3.63, 3.8) is 0 Å². The van der Waals surface area contributed by atoms with Crippen molar-refractivity contribution in [2.75, 3.05) is 10.2 Å². The molecule has 1 N–H and O–H groups in total. The first-order valence-corrected chi connectivity index (χ1v) is 8.32. The second-order valence-electron chi connectivity index (χ2n) is 5.68. The predicted octanol–water partition coefficient (Wildman–Crippen LogP) is 3.53. The van der Waals surface area contributed by atoms with Crippen LogP contribution < -0.4 is 10.2 Å². The normalized spacial score (nSPS) is 22.4. The van der Waals surface area contributed by atoms with Crippen molar-refractivity contribution < 1.29 is 22.8 Å². The zero-order chi connectivity index (χ0) is 17.8. The first-order valence-electron chi connectivity index (χ1n) is 7.44. The quantitative estimate of drug-likeness (QED) is 0.787. The van der Waals surface area contributed by atoms with Crippen molar-refractivity contribution in [1.29, 1.82) is 0 Å². The van der Waals surface area contributed by atoms with Crippen LogP contribution in [0.3, 0.4) is 0 Å². The van der Waals surface area contributed by atoms with Crippen molar-refractivity contribution in [3.05, 3.63) is 54.1 Å². The molecule has 4 nitrogen and oxygen atoms in total. The summed E-state index contributed by atoms with van der Waals surface area (Å²) in [5.74, 6) is -1.31. The average Bonchev–Trinajstić information content (AvgIpc) is 2.83. The molecule has 1 fully saturated rings. The first-order chi connectivity index (χ1) is 11.9. The van der Waals surface area contributed by atoms with E-state index in [9.17, 15) is 22.8 Å². The Kier molecular flexibility index (Phi) is 3.54. The number of hydrogen-bond acceptors (Lipinski definition) is 4. The SMILES string of the molecule is O=C1[C@H]2Sc3ccccc3N[C@H]2C(=O)N1c1ccccc1C(F)(F)F. The highest BCUT2D eigenvalue weighted by molar-refractivity contribution is 8.01. The minimum absolute atomic E-state index is 0.425. The van der Waals surface area contributed by atoms with Crippen molar-refractivity contribution >= 4 is 35.0 Å². The minimum atomic E-state index is -4.66. The molecule has 0 spiro atoms. The number of alkyl halides is 3. The van der Waals surface area contributed by atoms with Crippen LogP contribution in [0.2, 0.25) is 0 Å². The number of benzene rings is 2. The number of rotatable bonds is 1. The van der Waals surface area contributed by atoms with Gasteiger partial charge in [0.1, 0.15) is 11.3 Å². The number of carbonyl (C=O) groups is 2. The smallest absolute Gasteiger partial charge is 0.371 e. The largest absolute Gasteiger partial charge is 0.418 e. The van der Waals surface area contributed by atoms with Crippen LogP contribution in [0.4, 0.5) is 24.5 Å². The lowest BCUT2D eigenvalue weighted by Gasteiger charge is -2.25. The summed E-state index contributed by atoms with van der Waals surface area (Å²) in [7, 11) is 0. The fourth-order valence-electron chi connectivity index (χ4n) is 3.04. The third-order valence-corrected chi connectivity index (χ3v) is 5.49. The number of amides is 2. The molecule has 25 heavy (non-hydrogen) atoms. The Morgan fingerprint density at radius 1 is 0.960 bits per heavy atom. The highest BCUT2D eigenvalue weighted by Gasteiger charge is 2.52. The Balaban J connectivity index is 1.76. The molecule has 0 radical (unpaired) electrons. The maximum absolute atomic E-state index is 13.3. The number of para-hydroxylation sites is 2. The molecule has 2 aromatic rings. The van der Waals surface area contributed by atoms with Gasteiger partial charge in [-0.2, -0.15) is 13.2 Å². The zero-order valence-electron chi connectivity index (χ0n) is 12.6. The van der Waals surface area contributed by atoms with Gasteiger partial charge < -0.3 is 5.32 Å². The van der Waals surface area contributed by atoms with E-state index in [0.717, 1.165) is 17.0 Å². The Morgan fingerprint density at radius 3 is 2.40 bits per heavy atom. The van der Waals surface area contributed by atoms with Crippen LogP contribution in [0, 0.1) is 0 Å². The maximum Gasteiger partial charge on any atom is 0.418 e. The molecule has 0 unspecified atom stereocenters. The van der Waals surface area contributed by atoms with Gasteiger partial charge in [0.05, 0.1) is 11.3 Å². The summed E-state index contributed by atoms with van der Waals surface area (Å²) < 4.78 is 39.8. The Hall–Kier alpha value is -2.48. The summed E-state index contributed by atoms with van der Waals surface area (Å²) >= 11 is 1.20. The van der Waals surface area contributed by atoms with Crippen molar-refractivity contribution in [2.24, 2.45) is 0 Å². The molecule has 2 atom stereocenters. The number of nitrogens with zero attached hydrogens (tertiary/aromatic N) is 1. The summed E-state index contributed by atoms with van der Waals surface area (Å²) in [5, 5.41) is 2.19. The molecular formula is C17H11F3N2O2S. The highest BCUT2D eigenvalue weighted by Crippen LogP contribution is 2.44. The lowest BCUT2D eigenvalue weighted by Crippen LogP contribution is -2.38. The highest BCUT2D eigenvalue weighted by atomic mass is 32.2. The van der Waals surface area contributed by atoms with E-state index in [0.29, 0.717) is 10.6 Å². The molecule has 2 aromatic carbocycles. The van der Waals surface area contributed by atoms with Gasteiger partial charge >= 0.3 is 6.18 Å². The Morgan fingerprint density at radius 2 is 1.64 bits per heavy atom. The lowest BCUT2D eigenvalue weighted by atomic mass is 10.1. The summed E-state index contributed by atoms with van der Waals surface area (Å²) in [4.78, 5) is 26.9. The lowest BCUT2D eigenvalue weighted by molar-refractivity contribution is -0.137. The molecule has 8 heteroatoms. The van der Waals surface area contributed by atoms with Crippen LogP contribution in [0.25, 0.3) is 0 Å². The molecule has 0 bridgehead atoms. The fraction of sp³-hybridized carbons (Fsp3) is 0.176. The molecule has 0 aliphatic carbocycles. The predicted molar refractivity (Wildman–Crippen MR) is 87.4 cm³/mol. The van der Waals surface area contributed by atoms with Gasteiger partial charge in [0, 0.05) is 10.6 Å².